The van der Waals surface area contributed by atoms with Crippen LogP contribution in [0.3, 0.4) is 0 Å². The lowest BCUT2D eigenvalue weighted by Gasteiger charge is -2.27. The lowest BCUT2D eigenvalue weighted by atomic mass is 9.87. The monoisotopic (exact) mass is 685 g/mol. The van der Waals surface area contributed by atoms with Crippen LogP contribution < -0.4 is 10.6 Å². The molecule has 49 heavy (non-hydrogen) atoms. The summed E-state index contributed by atoms with van der Waals surface area (Å²) in [5, 5.41) is 5.75. The van der Waals surface area contributed by atoms with Crippen LogP contribution in [-0.2, 0) is 49.4 Å². The lowest BCUT2D eigenvalue weighted by molar-refractivity contribution is -0.150. The van der Waals surface area contributed by atoms with Crippen LogP contribution in [0.1, 0.15) is 72.8 Å². The molecule has 1 aromatic carbocycles. The Balaban J connectivity index is 1.75. The van der Waals surface area contributed by atoms with Crippen LogP contribution >= 0.6 is 0 Å². The van der Waals surface area contributed by atoms with Crippen molar-refractivity contribution in [2.75, 3.05) is 46.1 Å². The van der Waals surface area contributed by atoms with Crippen LogP contribution in [0.25, 0.3) is 0 Å². The second-order valence-corrected chi connectivity index (χ2v) is 14.5. The van der Waals surface area contributed by atoms with Gasteiger partial charge in [-0.1, -0.05) is 58.0 Å². The number of ether oxygens (including phenoxy) is 3. The third-order valence-corrected chi connectivity index (χ3v) is 8.80. The predicted octanol–water partition coefficient (Wildman–Crippen LogP) is 2.70. The summed E-state index contributed by atoms with van der Waals surface area (Å²) in [7, 11) is 0. The van der Waals surface area contributed by atoms with Gasteiger partial charge in [0.2, 0.25) is 11.8 Å². The minimum atomic E-state index is -0.981. The van der Waals surface area contributed by atoms with Crippen molar-refractivity contribution < 1.29 is 43.0 Å². The average molecular weight is 686 g/mol. The number of epoxide rings is 1. The molecule has 5 atom stereocenters. The SMILES string of the molecule is CC(=O)C[C@@H](COC(=O)CN1CCOCC1)C(=O)N[C@@H](CC(C)C)C(=O)C[C@@H](Cc1ccccc1)C(=O)N[C@@H](CC(C)C)C(=O)[C@@]1(C)CO1. The van der Waals surface area contributed by atoms with Gasteiger partial charge in [0.25, 0.3) is 0 Å². The van der Waals surface area contributed by atoms with E-state index in [-0.39, 0.29) is 61.6 Å². The summed E-state index contributed by atoms with van der Waals surface area (Å²) < 4.78 is 16.1. The van der Waals surface area contributed by atoms with E-state index >= 15 is 0 Å². The summed E-state index contributed by atoms with van der Waals surface area (Å²) >= 11 is 0. The van der Waals surface area contributed by atoms with Crippen molar-refractivity contribution in [1.29, 1.82) is 0 Å². The number of hydrogen-bond donors (Lipinski definition) is 2. The number of Topliss-reactive ketones (excluding diaryl/α,β-unsaturated/α-hetero) is 3. The van der Waals surface area contributed by atoms with E-state index in [1.54, 1.807) is 6.92 Å². The maximum atomic E-state index is 14.0. The van der Waals surface area contributed by atoms with Crippen LogP contribution in [0.5, 0.6) is 0 Å². The number of nitrogens with zero attached hydrogens (tertiary/aromatic N) is 1. The second-order valence-electron chi connectivity index (χ2n) is 14.5. The Morgan fingerprint density at radius 2 is 1.43 bits per heavy atom. The zero-order chi connectivity index (χ0) is 36.1. The van der Waals surface area contributed by atoms with Gasteiger partial charge in [0.1, 0.15) is 18.0 Å². The van der Waals surface area contributed by atoms with Gasteiger partial charge in [0.05, 0.1) is 44.4 Å². The van der Waals surface area contributed by atoms with Gasteiger partial charge >= 0.3 is 5.97 Å². The van der Waals surface area contributed by atoms with Crippen LogP contribution in [0.2, 0.25) is 0 Å². The molecule has 2 heterocycles. The van der Waals surface area contributed by atoms with Crippen LogP contribution in [0.4, 0.5) is 0 Å². The molecule has 1 aromatic rings. The van der Waals surface area contributed by atoms with Gasteiger partial charge in [-0.3, -0.25) is 28.9 Å². The number of amides is 2. The summed E-state index contributed by atoms with van der Waals surface area (Å²) in [4.78, 5) is 81.2. The molecule has 2 aliphatic heterocycles. The molecule has 0 unspecified atom stereocenters. The molecule has 0 bridgehead atoms. The van der Waals surface area contributed by atoms with Crippen molar-refractivity contribution in [3.8, 4) is 0 Å². The van der Waals surface area contributed by atoms with E-state index in [1.165, 1.54) is 6.92 Å². The molecule has 272 valence electrons. The smallest absolute Gasteiger partial charge is 0.320 e. The summed E-state index contributed by atoms with van der Waals surface area (Å²) in [5.74, 6) is -3.94. The van der Waals surface area contributed by atoms with Crippen LogP contribution in [-0.4, -0.2) is 104 Å². The molecular formula is C37H55N3O9. The third kappa shape index (κ3) is 13.7. The summed E-state index contributed by atoms with van der Waals surface area (Å²) in [6.45, 7) is 13.1. The van der Waals surface area contributed by atoms with E-state index in [2.05, 4.69) is 10.6 Å². The van der Waals surface area contributed by atoms with Gasteiger partial charge in [0.15, 0.2) is 11.6 Å². The second kappa shape index (κ2) is 19.1. The standard InChI is InChI=1S/C37H55N3O9/c1-24(2)16-30(38-36(46)29(18-26(5)41)22-48-33(43)21-40-12-14-47-15-13-40)32(42)20-28(19-27-10-8-7-9-11-27)35(45)39-31(17-25(3)4)34(44)37(6)23-49-37/h7-11,24-25,28-31H,12-23H2,1-6H3,(H,38,46)(H,39,45)/t28-,29+,30+,31+,37-/m1/s1. The molecule has 0 aliphatic carbocycles. The number of nitrogens with one attached hydrogen (secondary N) is 2. The van der Waals surface area contributed by atoms with E-state index in [4.69, 9.17) is 14.2 Å². The highest BCUT2D eigenvalue weighted by Crippen LogP contribution is 2.30. The van der Waals surface area contributed by atoms with E-state index < -0.39 is 47.3 Å². The molecule has 0 aromatic heterocycles. The van der Waals surface area contributed by atoms with Crippen LogP contribution in [0, 0.1) is 23.7 Å². The van der Waals surface area contributed by atoms with E-state index in [9.17, 15) is 28.8 Å². The minimum Gasteiger partial charge on any atom is -0.464 e. The quantitative estimate of drug-likeness (QED) is 0.146. The maximum Gasteiger partial charge on any atom is 0.320 e. The predicted molar refractivity (Wildman–Crippen MR) is 182 cm³/mol. The Morgan fingerprint density at radius 1 is 0.857 bits per heavy atom. The number of morpholine rings is 1. The maximum absolute atomic E-state index is 14.0. The molecule has 3 rings (SSSR count). The first-order valence-electron chi connectivity index (χ1n) is 17.5. The Labute approximate surface area is 290 Å². The molecule has 2 amide bonds. The molecular weight excluding hydrogens is 630 g/mol. The van der Waals surface area contributed by atoms with Crippen LogP contribution in [0.15, 0.2) is 30.3 Å². The highest BCUT2D eigenvalue weighted by Gasteiger charge is 2.50. The van der Waals surface area contributed by atoms with Crippen molar-refractivity contribution in [2.45, 2.75) is 91.3 Å². The lowest BCUT2D eigenvalue weighted by Crippen LogP contribution is -2.50. The van der Waals surface area contributed by atoms with Gasteiger partial charge in [-0.15, -0.1) is 0 Å². The highest BCUT2D eigenvalue weighted by atomic mass is 16.6. The normalized spacial score (nSPS) is 20.2. The van der Waals surface area contributed by atoms with Gasteiger partial charge in [0, 0.05) is 31.8 Å². The Bertz CT molecular complexity index is 1290. The zero-order valence-electron chi connectivity index (χ0n) is 30.0. The van der Waals surface area contributed by atoms with Crippen molar-refractivity contribution in [1.82, 2.24) is 15.5 Å². The first-order valence-corrected chi connectivity index (χ1v) is 17.5. The van der Waals surface area contributed by atoms with Crippen molar-refractivity contribution in [3.05, 3.63) is 35.9 Å². The highest BCUT2D eigenvalue weighted by molar-refractivity contribution is 5.98. The number of hydrogen-bond acceptors (Lipinski definition) is 10. The fourth-order valence-corrected chi connectivity index (χ4v) is 5.94. The van der Waals surface area contributed by atoms with Gasteiger partial charge < -0.3 is 29.6 Å². The van der Waals surface area contributed by atoms with E-state index in [1.807, 2.05) is 62.9 Å². The van der Waals surface area contributed by atoms with Crippen molar-refractivity contribution in [3.63, 3.8) is 0 Å². The number of rotatable bonds is 21. The van der Waals surface area contributed by atoms with E-state index in [0.29, 0.717) is 45.8 Å². The molecule has 2 fully saturated rings. The zero-order valence-corrected chi connectivity index (χ0v) is 30.0. The largest absolute Gasteiger partial charge is 0.464 e. The summed E-state index contributed by atoms with van der Waals surface area (Å²) in [6.07, 6.45) is 0.643. The number of carbonyl (C=O) groups excluding carboxylic acids is 6. The number of esters is 1. The molecule has 0 saturated carbocycles. The Kier molecular flexibility index (Phi) is 15.5. The van der Waals surface area contributed by atoms with Crippen molar-refractivity contribution >= 4 is 35.1 Å². The summed E-state index contributed by atoms with van der Waals surface area (Å²) in [6, 6.07) is 7.62. The summed E-state index contributed by atoms with van der Waals surface area (Å²) in [5.41, 5.74) is -0.0678. The fraction of sp³-hybridized carbons (Fsp3) is 0.676. The average Bonchev–Trinajstić information content (AvgIpc) is 3.80. The number of ketones is 3. The minimum absolute atomic E-state index is 0.0144. The first-order chi connectivity index (χ1) is 23.2. The number of benzene rings is 1. The van der Waals surface area contributed by atoms with E-state index in [0.717, 1.165) is 5.56 Å². The molecule has 2 N–H and O–H groups in total. The Hall–Kier alpha value is -3.48. The van der Waals surface area contributed by atoms with Gasteiger partial charge in [-0.2, -0.15) is 0 Å². The fourth-order valence-electron chi connectivity index (χ4n) is 5.94. The molecule has 12 nitrogen and oxygen atoms in total. The molecule has 0 spiro atoms. The number of carbonyl (C=O) groups is 6. The van der Waals surface area contributed by atoms with Gasteiger partial charge in [-0.25, -0.2) is 0 Å². The van der Waals surface area contributed by atoms with Crippen molar-refractivity contribution in [2.24, 2.45) is 23.7 Å². The third-order valence-electron chi connectivity index (χ3n) is 8.80. The topological polar surface area (TPSA) is 161 Å². The van der Waals surface area contributed by atoms with Gasteiger partial charge in [-0.05, 0) is 50.5 Å². The molecule has 2 aliphatic rings. The molecule has 0 radical (unpaired) electrons. The molecule has 2 saturated heterocycles. The Morgan fingerprint density at radius 3 is 2.00 bits per heavy atom. The molecule has 12 heteroatoms. The first kappa shape index (κ1) is 40.0.